The Morgan fingerprint density at radius 1 is 0.283 bits per heavy atom. The van der Waals surface area contributed by atoms with Gasteiger partial charge in [-0.15, -0.1) is 0 Å². The molecule has 0 N–H and O–H groups in total. The first-order valence-electron chi connectivity index (χ1n) is 20.6. The first-order valence-corrected chi connectivity index (χ1v) is 20.6. The smallest absolute Gasteiger partial charge is 0.143 e. The van der Waals surface area contributed by atoms with Crippen molar-refractivity contribution in [2.45, 2.75) is 0 Å². The second-order valence-electron chi connectivity index (χ2n) is 15.7. The fourth-order valence-electron chi connectivity index (χ4n) is 9.34. The monoisotopic (exact) mass is 763 g/mol. The molecule has 0 aliphatic rings. The van der Waals surface area contributed by atoms with E-state index in [9.17, 15) is 0 Å². The molecule has 0 radical (unpaired) electrons. The van der Waals surface area contributed by atoms with Gasteiger partial charge in [0.1, 0.15) is 11.2 Å². The second kappa shape index (κ2) is 13.9. The Balaban J connectivity index is 1.00. The van der Waals surface area contributed by atoms with Crippen LogP contribution in [0, 0.1) is 0 Å². The van der Waals surface area contributed by atoms with Gasteiger partial charge in [-0.1, -0.05) is 170 Å². The summed E-state index contributed by atoms with van der Waals surface area (Å²) in [6, 6.07) is 81.3. The summed E-state index contributed by atoms with van der Waals surface area (Å²) in [7, 11) is 0. The van der Waals surface area contributed by atoms with E-state index in [0.29, 0.717) is 0 Å². The molecule has 12 aromatic rings. The molecule has 0 atom stereocenters. The van der Waals surface area contributed by atoms with Crippen molar-refractivity contribution in [1.29, 1.82) is 0 Å². The molecular formula is C58H37NO. The summed E-state index contributed by atoms with van der Waals surface area (Å²) in [5.74, 6) is 0. The summed E-state index contributed by atoms with van der Waals surface area (Å²) in [6.07, 6.45) is 0. The number of hydrogen-bond acceptors (Lipinski definition) is 2. The summed E-state index contributed by atoms with van der Waals surface area (Å²) in [6.45, 7) is 0. The highest BCUT2D eigenvalue weighted by Gasteiger charge is 2.19. The SMILES string of the molecule is c1cc(-c2cccc3ccccc23)cc(N(c2ccc(-c3ccc4c(ccc5ccccc54)c3)cc2)c2cccc(-c3cccc4oc5c6ccccc6ccc5c34)c2)c1. The van der Waals surface area contributed by atoms with Crippen LogP contribution in [0.4, 0.5) is 17.1 Å². The maximum Gasteiger partial charge on any atom is 0.143 e. The molecule has 0 spiro atoms. The van der Waals surface area contributed by atoms with E-state index in [2.05, 4.69) is 229 Å². The Morgan fingerprint density at radius 3 is 1.60 bits per heavy atom. The van der Waals surface area contributed by atoms with Crippen molar-refractivity contribution in [2.24, 2.45) is 0 Å². The number of fused-ring (bicyclic) bond motifs is 9. The lowest BCUT2D eigenvalue weighted by Gasteiger charge is -2.27. The minimum atomic E-state index is 0.890. The fraction of sp³-hybridized carbons (Fsp3) is 0. The second-order valence-corrected chi connectivity index (χ2v) is 15.7. The van der Waals surface area contributed by atoms with Crippen LogP contribution in [0.3, 0.4) is 0 Å². The molecule has 11 aromatic carbocycles. The Bertz CT molecular complexity index is 3610. The van der Waals surface area contributed by atoms with E-state index in [1.54, 1.807) is 0 Å². The number of benzene rings is 11. The van der Waals surface area contributed by atoms with Gasteiger partial charge in [0, 0.05) is 33.2 Å². The Kier molecular flexibility index (Phi) is 7.89. The van der Waals surface area contributed by atoms with Gasteiger partial charge in [0.25, 0.3) is 0 Å². The molecule has 0 fully saturated rings. The van der Waals surface area contributed by atoms with Crippen LogP contribution in [-0.2, 0) is 0 Å². The minimum absolute atomic E-state index is 0.890. The third-order valence-electron chi connectivity index (χ3n) is 12.2. The van der Waals surface area contributed by atoms with Crippen molar-refractivity contribution < 1.29 is 4.42 Å². The Morgan fingerprint density at radius 2 is 0.817 bits per heavy atom. The third kappa shape index (κ3) is 5.65. The van der Waals surface area contributed by atoms with Gasteiger partial charge in [-0.05, 0) is 126 Å². The zero-order valence-electron chi connectivity index (χ0n) is 32.7. The van der Waals surface area contributed by atoms with E-state index in [4.69, 9.17) is 4.42 Å². The average molecular weight is 764 g/mol. The van der Waals surface area contributed by atoms with Crippen LogP contribution in [0.5, 0.6) is 0 Å². The number of anilines is 3. The highest BCUT2D eigenvalue weighted by Crippen LogP contribution is 2.43. The molecular weight excluding hydrogens is 727 g/mol. The summed E-state index contributed by atoms with van der Waals surface area (Å²) in [5.41, 5.74) is 12.1. The van der Waals surface area contributed by atoms with Gasteiger partial charge in [-0.25, -0.2) is 0 Å². The molecule has 0 aliphatic carbocycles. The van der Waals surface area contributed by atoms with E-state index in [0.717, 1.165) is 55.5 Å². The number of furan rings is 1. The maximum absolute atomic E-state index is 6.61. The summed E-state index contributed by atoms with van der Waals surface area (Å²) < 4.78 is 6.61. The van der Waals surface area contributed by atoms with Crippen LogP contribution >= 0.6 is 0 Å². The standard InChI is InChI=1S/C58H37NO/c1-4-19-49-39(11-1)14-9-22-51(49)43-15-7-17-47(36-43)59(46-31-27-38(28-32-46)42-30-33-52-45(35-42)26-25-40-12-2-5-20-50(40)52)48-18-8-16-44(37-48)53-23-10-24-56-57(53)55-34-29-41-13-3-6-21-54(41)58(55)60-56/h1-37H. The molecule has 0 aliphatic heterocycles. The first-order chi connectivity index (χ1) is 29.7. The number of nitrogens with zero attached hydrogens (tertiary/aromatic N) is 1. The lowest BCUT2D eigenvalue weighted by molar-refractivity contribution is 0.673. The van der Waals surface area contributed by atoms with Crippen molar-refractivity contribution in [1.82, 2.24) is 0 Å². The number of hydrogen-bond donors (Lipinski definition) is 0. The molecule has 0 amide bonds. The van der Waals surface area contributed by atoms with Crippen molar-refractivity contribution in [2.75, 3.05) is 4.90 Å². The first kappa shape index (κ1) is 34.1. The lowest BCUT2D eigenvalue weighted by Crippen LogP contribution is -2.10. The van der Waals surface area contributed by atoms with Crippen LogP contribution < -0.4 is 4.90 Å². The molecule has 2 nitrogen and oxygen atoms in total. The normalized spacial score (nSPS) is 11.7. The van der Waals surface area contributed by atoms with Gasteiger partial charge in [0.2, 0.25) is 0 Å². The van der Waals surface area contributed by atoms with Gasteiger partial charge < -0.3 is 9.32 Å². The summed E-state index contributed by atoms with van der Waals surface area (Å²) >= 11 is 0. The Hall–Kier alpha value is -7.94. The van der Waals surface area contributed by atoms with Crippen molar-refractivity contribution >= 4 is 82.1 Å². The quantitative estimate of drug-likeness (QED) is 0.157. The van der Waals surface area contributed by atoms with Crippen molar-refractivity contribution in [3.05, 3.63) is 224 Å². The van der Waals surface area contributed by atoms with Crippen LogP contribution in [0.1, 0.15) is 0 Å². The predicted molar refractivity (Wildman–Crippen MR) is 255 cm³/mol. The fourth-order valence-corrected chi connectivity index (χ4v) is 9.34. The molecule has 1 aromatic heterocycles. The van der Waals surface area contributed by atoms with E-state index < -0.39 is 0 Å². The Labute approximate surface area is 347 Å². The molecule has 0 bridgehead atoms. The van der Waals surface area contributed by atoms with E-state index in [1.165, 1.54) is 60.0 Å². The molecule has 60 heavy (non-hydrogen) atoms. The van der Waals surface area contributed by atoms with Crippen LogP contribution in [0.2, 0.25) is 0 Å². The van der Waals surface area contributed by atoms with Crippen molar-refractivity contribution in [3.63, 3.8) is 0 Å². The molecule has 1 heterocycles. The predicted octanol–water partition coefficient (Wildman–Crippen LogP) is 16.7. The third-order valence-corrected chi connectivity index (χ3v) is 12.2. The molecule has 0 saturated carbocycles. The van der Waals surface area contributed by atoms with E-state index in [-0.39, 0.29) is 0 Å². The van der Waals surface area contributed by atoms with E-state index >= 15 is 0 Å². The highest BCUT2D eigenvalue weighted by atomic mass is 16.3. The molecule has 12 rings (SSSR count). The molecule has 0 saturated heterocycles. The zero-order chi connectivity index (χ0) is 39.6. The van der Waals surface area contributed by atoms with Crippen molar-refractivity contribution in [3.8, 4) is 33.4 Å². The number of rotatable bonds is 6. The van der Waals surface area contributed by atoms with Gasteiger partial charge in [0.05, 0.1) is 0 Å². The topological polar surface area (TPSA) is 16.4 Å². The molecule has 280 valence electrons. The van der Waals surface area contributed by atoms with Gasteiger partial charge in [-0.3, -0.25) is 0 Å². The summed E-state index contributed by atoms with van der Waals surface area (Å²) in [5, 5.41) is 12.1. The largest absolute Gasteiger partial charge is 0.455 e. The van der Waals surface area contributed by atoms with Crippen LogP contribution in [0.15, 0.2) is 229 Å². The summed E-state index contributed by atoms with van der Waals surface area (Å²) in [4.78, 5) is 2.38. The average Bonchev–Trinajstić information content (AvgIpc) is 3.71. The zero-order valence-corrected chi connectivity index (χ0v) is 32.7. The maximum atomic E-state index is 6.61. The van der Waals surface area contributed by atoms with Gasteiger partial charge >= 0.3 is 0 Å². The lowest BCUT2D eigenvalue weighted by atomic mass is 9.96. The van der Waals surface area contributed by atoms with E-state index in [1.807, 2.05) is 0 Å². The molecule has 0 unspecified atom stereocenters. The van der Waals surface area contributed by atoms with Crippen LogP contribution in [-0.4, -0.2) is 0 Å². The van der Waals surface area contributed by atoms with Gasteiger partial charge in [-0.2, -0.15) is 0 Å². The van der Waals surface area contributed by atoms with Crippen LogP contribution in [0.25, 0.3) is 98.4 Å². The highest BCUT2D eigenvalue weighted by molar-refractivity contribution is 6.19. The van der Waals surface area contributed by atoms with Gasteiger partial charge in [0.15, 0.2) is 0 Å². The molecule has 2 heteroatoms. The minimum Gasteiger partial charge on any atom is -0.455 e.